The fourth-order valence-corrected chi connectivity index (χ4v) is 4.18. The first-order valence-corrected chi connectivity index (χ1v) is 10.7. The number of benzene rings is 1. The van der Waals surface area contributed by atoms with Crippen LogP contribution >= 0.6 is 11.8 Å². The van der Waals surface area contributed by atoms with Crippen LogP contribution in [0.1, 0.15) is 61.4 Å². The molecule has 28 heavy (non-hydrogen) atoms. The second-order valence-electron chi connectivity index (χ2n) is 6.85. The monoisotopic (exact) mass is 401 g/mol. The zero-order valence-electron chi connectivity index (χ0n) is 16.4. The molecule has 3 rings (SSSR count). The van der Waals surface area contributed by atoms with Crippen LogP contribution in [-0.2, 0) is 9.59 Å². The number of thioether (sulfide) groups is 1. The quantitative estimate of drug-likeness (QED) is 0.735. The summed E-state index contributed by atoms with van der Waals surface area (Å²) in [5, 5.41) is 8.68. The molecule has 1 aliphatic carbocycles. The number of rotatable bonds is 6. The molecule has 1 aromatic carbocycles. The van der Waals surface area contributed by atoms with Crippen molar-refractivity contribution in [1.29, 1.82) is 0 Å². The van der Waals surface area contributed by atoms with Crippen LogP contribution < -0.4 is 5.32 Å². The van der Waals surface area contributed by atoms with E-state index in [1.807, 2.05) is 4.68 Å². The van der Waals surface area contributed by atoms with Crippen LogP contribution in [-0.4, -0.2) is 33.6 Å². The molecule has 0 aliphatic heterocycles. The van der Waals surface area contributed by atoms with Gasteiger partial charge in [0, 0.05) is 6.04 Å². The van der Waals surface area contributed by atoms with Crippen molar-refractivity contribution >= 4 is 23.8 Å². The highest BCUT2D eigenvalue weighted by Crippen LogP contribution is 2.27. The number of nitrogens with zero attached hydrogens (tertiary/aromatic N) is 2. The largest absolute Gasteiger partial charge is 0.373 e. The molecule has 7 heteroatoms. The van der Waals surface area contributed by atoms with Gasteiger partial charge in [0.25, 0.3) is 5.91 Å². The summed E-state index contributed by atoms with van der Waals surface area (Å²) in [5.41, 5.74) is 2.92. The van der Waals surface area contributed by atoms with Gasteiger partial charge in [0.2, 0.25) is 0 Å². The molecule has 0 unspecified atom stereocenters. The Morgan fingerprint density at radius 2 is 1.86 bits per heavy atom. The lowest BCUT2D eigenvalue weighted by atomic mass is 9.95. The van der Waals surface area contributed by atoms with E-state index in [9.17, 15) is 4.79 Å². The lowest BCUT2D eigenvalue weighted by molar-refractivity contribution is -0.191. The zero-order valence-corrected chi connectivity index (χ0v) is 17.3. The fraction of sp³-hybridized carbons (Fsp3) is 0.476. The van der Waals surface area contributed by atoms with Crippen molar-refractivity contribution in [3.8, 4) is 5.69 Å². The van der Waals surface area contributed by atoms with Gasteiger partial charge in [-0.15, -0.1) is 11.8 Å². The lowest BCUT2D eigenvalue weighted by Gasteiger charge is -2.22. The Labute approximate surface area is 170 Å². The minimum Gasteiger partial charge on any atom is -0.349 e. The molecule has 1 fully saturated rings. The topological polar surface area (TPSA) is 81.1 Å². The minimum absolute atomic E-state index is 0.0175. The third-order valence-electron chi connectivity index (χ3n) is 4.63. The number of amides is 1. The average molecular weight is 402 g/mol. The number of aryl methyl sites for hydroxylation is 1. The molecule has 0 bridgehead atoms. The molecule has 1 heterocycles. The molecule has 1 aliphatic rings. The van der Waals surface area contributed by atoms with Gasteiger partial charge in [-0.25, -0.2) is 4.68 Å². The van der Waals surface area contributed by atoms with Crippen molar-refractivity contribution < 1.29 is 14.4 Å². The highest BCUT2D eigenvalue weighted by molar-refractivity contribution is 7.99. The van der Waals surface area contributed by atoms with Crippen LogP contribution in [0.4, 0.5) is 0 Å². The number of hydrogen-bond donors (Lipinski definition) is 1. The van der Waals surface area contributed by atoms with Crippen LogP contribution in [0.2, 0.25) is 0 Å². The molecule has 0 atom stereocenters. The van der Waals surface area contributed by atoms with Crippen LogP contribution in [0.5, 0.6) is 0 Å². The Kier molecular flexibility index (Phi) is 8.98. The predicted octanol–water partition coefficient (Wildman–Crippen LogP) is 4.16. The average Bonchev–Trinajstić information content (AvgIpc) is 3.12. The van der Waals surface area contributed by atoms with E-state index in [1.165, 1.54) is 24.8 Å². The predicted molar refractivity (Wildman–Crippen MR) is 109 cm³/mol. The molecule has 1 aromatic heterocycles. The Balaban J connectivity index is 0.000000878. The van der Waals surface area contributed by atoms with E-state index >= 15 is 0 Å². The summed E-state index contributed by atoms with van der Waals surface area (Å²) in [5.74, 6) is 0.991. The number of hydrogen-bond acceptors (Lipinski definition) is 5. The van der Waals surface area contributed by atoms with Crippen LogP contribution in [0.15, 0.2) is 35.5 Å². The molecular formula is C21H27N3O3S. The summed E-state index contributed by atoms with van der Waals surface area (Å²) in [6, 6.07) is 8.58. The number of nitrogens with one attached hydrogen (secondary N) is 1. The van der Waals surface area contributed by atoms with Gasteiger partial charge in [0.15, 0.2) is 0 Å². The molecule has 1 amide bonds. The summed E-state index contributed by atoms with van der Waals surface area (Å²) in [7, 11) is 0. The Morgan fingerprint density at radius 1 is 1.21 bits per heavy atom. The van der Waals surface area contributed by atoms with E-state index in [0.717, 1.165) is 35.7 Å². The van der Waals surface area contributed by atoms with Gasteiger partial charge in [-0.2, -0.15) is 14.7 Å². The molecule has 0 spiro atoms. The molecule has 150 valence electrons. The lowest BCUT2D eigenvalue weighted by Crippen LogP contribution is -2.36. The number of carbonyl (C=O) groups excluding carboxylic acids is 3. The summed E-state index contributed by atoms with van der Waals surface area (Å²) < 4.78 is 1.90. The maximum absolute atomic E-state index is 12.8. The Morgan fingerprint density at radius 3 is 2.46 bits per heavy atom. The molecule has 6 nitrogen and oxygen atoms in total. The van der Waals surface area contributed by atoms with Crippen molar-refractivity contribution in [2.75, 3.05) is 5.75 Å². The first-order valence-electron chi connectivity index (χ1n) is 9.68. The second kappa shape index (κ2) is 11.5. The highest BCUT2D eigenvalue weighted by Gasteiger charge is 2.22. The molecular weight excluding hydrogens is 374 g/mol. The van der Waals surface area contributed by atoms with Gasteiger partial charge in [-0.05, 0) is 44.1 Å². The smallest absolute Gasteiger partial charge is 0.349 e. The van der Waals surface area contributed by atoms with Crippen LogP contribution in [0, 0.1) is 6.92 Å². The van der Waals surface area contributed by atoms with E-state index in [-0.39, 0.29) is 12.1 Å². The van der Waals surface area contributed by atoms with Gasteiger partial charge in [0.05, 0.1) is 17.4 Å². The number of aromatic nitrogens is 2. The van der Waals surface area contributed by atoms with Crippen molar-refractivity contribution in [3.63, 3.8) is 0 Å². The summed E-state index contributed by atoms with van der Waals surface area (Å²) in [6.07, 6.45) is 8.93. The first kappa shape index (κ1) is 21.9. The van der Waals surface area contributed by atoms with Crippen molar-refractivity contribution in [2.45, 2.75) is 63.4 Å². The van der Waals surface area contributed by atoms with E-state index in [1.54, 1.807) is 18.0 Å². The maximum atomic E-state index is 12.8. The Bertz CT molecular complexity index is 790. The third kappa shape index (κ3) is 6.08. The summed E-state index contributed by atoms with van der Waals surface area (Å²) in [4.78, 5) is 29.1. The van der Waals surface area contributed by atoms with Crippen molar-refractivity contribution in [3.05, 3.63) is 41.6 Å². The van der Waals surface area contributed by atoms with Gasteiger partial charge in [-0.1, -0.05) is 43.9 Å². The van der Waals surface area contributed by atoms with Gasteiger partial charge < -0.3 is 5.32 Å². The van der Waals surface area contributed by atoms with Gasteiger partial charge in [0.1, 0.15) is 5.03 Å². The van der Waals surface area contributed by atoms with Crippen LogP contribution in [0.3, 0.4) is 0 Å². The Hall–Kier alpha value is -2.37. The van der Waals surface area contributed by atoms with E-state index in [0.29, 0.717) is 11.6 Å². The standard InChI is InChI=1S/C20H27N3OS.CO2/c1-3-13-25-20-18(19(24)22-16-7-5-4-6-8-16)14-21-23(20)17-11-9-15(2)10-12-17;2-1-3/h9-12,14,16H,3-8,13H2,1-2H3,(H,22,24);. The van der Waals surface area contributed by atoms with Gasteiger partial charge in [-0.3, -0.25) is 4.79 Å². The molecule has 0 radical (unpaired) electrons. The highest BCUT2D eigenvalue weighted by atomic mass is 32.2. The van der Waals surface area contributed by atoms with E-state index in [4.69, 9.17) is 9.59 Å². The molecule has 2 aromatic rings. The minimum atomic E-state index is 0.0175. The molecule has 1 saturated carbocycles. The SMILES string of the molecule is CCCSc1c(C(=O)NC2CCCCC2)cnn1-c1ccc(C)cc1.O=C=O. The zero-order chi connectivity index (χ0) is 20.4. The number of carbonyl (C=O) groups is 1. The molecule has 0 saturated heterocycles. The fourth-order valence-electron chi connectivity index (χ4n) is 3.21. The van der Waals surface area contributed by atoms with E-state index < -0.39 is 0 Å². The summed E-state index contributed by atoms with van der Waals surface area (Å²) >= 11 is 1.71. The molecule has 1 N–H and O–H groups in total. The first-order chi connectivity index (χ1) is 13.6. The second-order valence-corrected chi connectivity index (χ2v) is 7.93. The maximum Gasteiger partial charge on any atom is 0.373 e. The van der Waals surface area contributed by atoms with Crippen molar-refractivity contribution in [1.82, 2.24) is 15.1 Å². The van der Waals surface area contributed by atoms with E-state index in [2.05, 4.69) is 48.5 Å². The normalized spacial score (nSPS) is 13.9. The summed E-state index contributed by atoms with van der Waals surface area (Å²) in [6.45, 7) is 4.23. The van der Waals surface area contributed by atoms with Gasteiger partial charge >= 0.3 is 6.15 Å². The van der Waals surface area contributed by atoms with Crippen LogP contribution in [0.25, 0.3) is 5.69 Å². The third-order valence-corrected chi connectivity index (χ3v) is 5.91. The van der Waals surface area contributed by atoms with Crippen molar-refractivity contribution in [2.24, 2.45) is 0 Å².